The molecule has 1 aliphatic carbocycles. The van der Waals surface area contributed by atoms with Crippen molar-refractivity contribution in [1.29, 1.82) is 0 Å². The van der Waals surface area contributed by atoms with Crippen LogP contribution in [0.25, 0.3) is 15.7 Å². The van der Waals surface area contributed by atoms with Crippen molar-refractivity contribution >= 4 is 33.0 Å². The van der Waals surface area contributed by atoms with Gasteiger partial charge in [0.2, 0.25) is 5.91 Å². The first-order valence-corrected chi connectivity index (χ1v) is 11.2. The van der Waals surface area contributed by atoms with Gasteiger partial charge in [-0.15, -0.1) is 11.3 Å². The third kappa shape index (κ3) is 3.36. The molecular formula is C21H28N4O2S. The number of thiophene rings is 1. The van der Waals surface area contributed by atoms with Gasteiger partial charge in [-0.05, 0) is 37.3 Å². The molecule has 1 amide bonds. The molecule has 1 saturated carbocycles. The van der Waals surface area contributed by atoms with Crippen molar-refractivity contribution in [3.63, 3.8) is 0 Å². The van der Waals surface area contributed by atoms with Crippen molar-refractivity contribution in [2.75, 3.05) is 0 Å². The smallest absolute Gasteiger partial charge is 0.291 e. The molecule has 3 aromatic rings. The number of nitrogens with one attached hydrogen (secondary N) is 1. The molecule has 0 unspecified atom stereocenters. The summed E-state index contributed by atoms with van der Waals surface area (Å²) in [4.78, 5) is 26.9. The van der Waals surface area contributed by atoms with Crippen LogP contribution in [-0.2, 0) is 24.2 Å². The van der Waals surface area contributed by atoms with Crippen LogP contribution in [0.3, 0.4) is 0 Å². The van der Waals surface area contributed by atoms with E-state index in [4.69, 9.17) is 0 Å². The minimum Gasteiger partial charge on any atom is -0.351 e. The molecule has 0 aliphatic heterocycles. The first-order chi connectivity index (χ1) is 13.5. The molecule has 0 radical (unpaired) electrons. The Balaban J connectivity index is 1.66. The standard InChI is InChI=1S/C21H28N4O2S/c1-4-14-10-16-18(28-14)11-17-21(27)24(23-19(5-2)25(16)17)12-20(26)22-15-9-7-6-8-13(15)3/h10-11,13,15H,4-9,12H2,1-3H3,(H,22,26)/t13-,15+/m0/s1. The highest BCUT2D eigenvalue weighted by Gasteiger charge is 2.23. The van der Waals surface area contributed by atoms with Crippen LogP contribution < -0.4 is 10.9 Å². The maximum atomic E-state index is 13.0. The summed E-state index contributed by atoms with van der Waals surface area (Å²) in [6.07, 6.45) is 6.22. The van der Waals surface area contributed by atoms with Gasteiger partial charge in [0, 0.05) is 17.3 Å². The number of fused-ring (bicyclic) bond motifs is 3. The molecule has 7 heteroatoms. The van der Waals surface area contributed by atoms with Crippen LogP contribution >= 0.6 is 11.3 Å². The molecule has 1 fully saturated rings. The fourth-order valence-electron chi connectivity index (χ4n) is 4.27. The Kier molecular flexibility index (Phi) is 5.27. The summed E-state index contributed by atoms with van der Waals surface area (Å²) in [5, 5.41) is 7.66. The third-order valence-corrected chi connectivity index (χ3v) is 7.12. The predicted molar refractivity (Wildman–Crippen MR) is 113 cm³/mol. The normalized spacial score (nSPS) is 20.1. The second kappa shape index (κ2) is 7.70. The predicted octanol–water partition coefficient (Wildman–Crippen LogP) is 3.53. The van der Waals surface area contributed by atoms with Gasteiger partial charge in [0.1, 0.15) is 17.9 Å². The van der Waals surface area contributed by atoms with Crippen LogP contribution in [0.2, 0.25) is 0 Å². The second-order valence-corrected chi connectivity index (χ2v) is 9.02. The highest BCUT2D eigenvalue weighted by atomic mass is 32.1. The van der Waals surface area contributed by atoms with Gasteiger partial charge >= 0.3 is 0 Å². The van der Waals surface area contributed by atoms with E-state index in [2.05, 4.69) is 30.3 Å². The van der Waals surface area contributed by atoms with Crippen LogP contribution in [0.5, 0.6) is 0 Å². The molecule has 1 aliphatic rings. The summed E-state index contributed by atoms with van der Waals surface area (Å²) in [5.41, 5.74) is 1.45. The summed E-state index contributed by atoms with van der Waals surface area (Å²) in [5.74, 6) is 1.17. The van der Waals surface area contributed by atoms with Crippen LogP contribution in [-0.4, -0.2) is 26.1 Å². The summed E-state index contributed by atoms with van der Waals surface area (Å²) in [6.45, 7) is 6.33. The molecule has 6 nitrogen and oxygen atoms in total. The number of hydrogen-bond acceptors (Lipinski definition) is 4. The molecule has 0 spiro atoms. The number of aromatic nitrogens is 3. The van der Waals surface area contributed by atoms with Crippen molar-refractivity contribution in [2.45, 2.75) is 71.9 Å². The van der Waals surface area contributed by atoms with E-state index in [9.17, 15) is 9.59 Å². The molecule has 3 aromatic heterocycles. The molecule has 0 bridgehead atoms. The van der Waals surface area contributed by atoms with E-state index in [1.807, 2.05) is 17.4 Å². The fraction of sp³-hybridized carbons (Fsp3) is 0.571. The van der Waals surface area contributed by atoms with Gasteiger partial charge in [0.25, 0.3) is 5.56 Å². The van der Waals surface area contributed by atoms with Crippen molar-refractivity contribution in [1.82, 2.24) is 19.5 Å². The van der Waals surface area contributed by atoms with Gasteiger partial charge in [-0.25, -0.2) is 4.68 Å². The molecule has 3 heterocycles. The Morgan fingerprint density at radius 2 is 2.00 bits per heavy atom. The van der Waals surface area contributed by atoms with E-state index >= 15 is 0 Å². The Bertz CT molecular complexity index is 1080. The first-order valence-electron chi connectivity index (χ1n) is 10.3. The van der Waals surface area contributed by atoms with Crippen LogP contribution in [0, 0.1) is 5.92 Å². The number of nitrogens with zero attached hydrogens (tertiary/aromatic N) is 3. The third-order valence-electron chi connectivity index (χ3n) is 5.90. The zero-order valence-corrected chi connectivity index (χ0v) is 17.6. The van der Waals surface area contributed by atoms with Crippen LogP contribution in [0.4, 0.5) is 0 Å². The zero-order chi connectivity index (χ0) is 19.8. The van der Waals surface area contributed by atoms with Gasteiger partial charge in [0.15, 0.2) is 0 Å². The van der Waals surface area contributed by atoms with E-state index in [0.717, 1.165) is 41.7 Å². The lowest BCUT2D eigenvalue weighted by Crippen LogP contribution is -2.44. The molecule has 1 N–H and O–H groups in total. The highest BCUT2D eigenvalue weighted by molar-refractivity contribution is 7.19. The zero-order valence-electron chi connectivity index (χ0n) is 16.8. The summed E-state index contributed by atoms with van der Waals surface area (Å²) in [7, 11) is 0. The first kappa shape index (κ1) is 19.2. The van der Waals surface area contributed by atoms with Gasteiger partial charge < -0.3 is 5.32 Å². The number of aryl methyl sites for hydroxylation is 2. The second-order valence-electron chi connectivity index (χ2n) is 7.85. The summed E-state index contributed by atoms with van der Waals surface area (Å²) in [6, 6.07) is 4.30. The van der Waals surface area contributed by atoms with E-state index in [-0.39, 0.29) is 24.1 Å². The van der Waals surface area contributed by atoms with E-state index < -0.39 is 0 Å². The number of carbonyl (C=O) groups is 1. The minimum absolute atomic E-state index is 0.0232. The van der Waals surface area contributed by atoms with Gasteiger partial charge in [-0.1, -0.05) is 33.6 Å². The highest BCUT2D eigenvalue weighted by Crippen LogP contribution is 2.29. The number of carbonyl (C=O) groups excluding carboxylic acids is 1. The summed E-state index contributed by atoms with van der Waals surface area (Å²) < 4.78 is 4.40. The molecule has 0 saturated heterocycles. The minimum atomic E-state index is -0.203. The van der Waals surface area contributed by atoms with Crippen molar-refractivity contribution in [2.24, 2.45) is 5.92 Å². The largest absolute Gasteiger partial charge is 0.351 e. The SMILES string of the molecule is CCc1cc2c(cc3c(=O)n(CC(=O)N[C@@H]4CCCC[C@@H]4C)nc(CC)n32)s1. The molecule has 150 valence electrons. The quantitative estimate of drug-likeness (QED) is 0.712. The number of amides is 1. The van der Waals surface area contributed by atoms with Crippen molar-refractivity contribution in [3.8, 4) is 0 Å². The lowest BCUT2D eigenvalue weighted by molar-refractivity contribution is -0.123. The van der Waals surface area contributed by atoms with Crippen LogP contribution in [0.1, 0.15) is 57.2 Å². The maximum absolute atomic E-state index is 13.0. The molecule has 4 rings (SSSR count). The van der Waals surface area contributed by atoms with Gasteiger partial charge in [0.05, 0.1) is 10.2 Å². The Morgan fingerprint density at radius 3 is 2.71 bits per heavy atom. The molecule has 28 heavy (non-hydrogen) atoms. The van der Waals surface area contributed by atoms with Crippen molar-refractivity contribution < 1.29 is 4.79 Å². The number of rotatable bonds is 5. The summed E-state index contributed by atoms with van der Waals surface area (Å²) >= 11 is 1.72. The molecule has 2 atom stereocenters. The average Bonchev–Trinajstić information content (AvgIpc) is 3.24. The van der Waals surface area contributed by atoms with Crippen LogP contribution in [0.15, 0.2) is 16.9 Å². The average molecular weight is 401 g/mol. The topological polar surface area (TPSA) is 68.4 Å². The van der Waals surface area contributed by atoms with Gasteiger partial charge in [-0.3, -0.25) is 14.0 Å². The fourth-order valence-corrected chi connectivity index (χ4v) is 5.29. The Morgan fingerprint density at radius 1 is 1.21 bits per heavy atom. The maximum Gasteiger partial charge on any atom is 0.291 e. The lowest BCUT2D eigenvalue weighted by Gasteiger charge is -2.29. The molecule has 0 aromatic carbocycles. The number of hydrogen-bond donors (Lipinski definition) is 1. The van der Waals surface area contributed by atoms with E-state index in [1.165, 1.54) is 16.0 Å². The monoisotopic (exact) mass is 400 g/mol. The Labute approximate surface area is 168 Å². The van der Waals surface area contributed by atoms with Crippen molar-refractivity contribution in [3.05, 3.63) is 33.2 Å². The van der Waals surface area contributed by atoms with E-state index in [0.29, 0.717) is 17.9 Å². The van der Waals surface area contributed by atoms with E-state index in [1.54, 1.807) is 11.3 Å². The molecular weight excluding hydrogens is 372 g/mol. The lowest BCUT2D eigenvalue weighted by atomic mass is 9.86. The Hall–Kier alpha value is -2.15. The van der Waals surface area contributed by atoms with Gasteiger partial charge in [-0.2, -0.15) is 5.10 Å².